The lowest BCUT2D eigenvalue weighted by Gasteiger charge is -2.19. The maximum atomic E-state index is 11.7. The number of hydrogen-bond donors (Lipinski definition) is 1. The Labute approximate surface area is 96.1 Å². The van der Waals surface area contributed by atoms with Crippen LogP contribution in [0.25, 0.3) is 0 Å². The summed E-state index contributed by atoms with van der Waals surface area (Å²) >= 11 is 0. The molecule has 0 unspecified atom stereocenters. The Balaban J connectivity index is 2.89. The molecule has 1 aromatic rings. The van der Waals surface area contributed by atoms with Crippen LogP contribution in [0.4, 0.5) is 0 Å². The summed E-state index contributed by atoms with van der Waals surface area (Å²) in [7, 11) is 0. The van der Waals surface area contributed by atoms with Gasteiger partial charge in [0.05, 0.1) is 5.56 Å². The van der Waals surface area contributed by atoms with Crippen LogP contribution in [0.2, 0.25) is 0 Å². The van der Waals surface area contributed by atoms with E-state index >= 15 is 0 Å². The van der Waals surface area contributed by atoms with E-state index < -0.39 is 11.6 Å². The van der Waals surface area contributed by atoms with Crippen molar-refractivity contribution in [1.29, 1.82) is 0 Å². The molecule has 16 heavy (non-hydrogen) atoms. The van der Waals surface area contributed by atoms with Gasteiger partial charge >= 0.3 is 5.97 Å². The number of hydrogen-bond acceptors (Lipinski definition) is 3. The van der Waals surface area contributed by atoms with Crippen molar-refractivity contribution < 1.29 is 14.6 Å². The van der Waals surface area contributed by atoms with E-state index in [-0.39, 0.29) is 5.75 Å². The molecule has 3 nitrogen and oxygen atoms in total. The van der Waals surface area contributed by atoms with Gasteiger partial charge in [-0.1, -0.05) is 13.0 Å². The van der Waals surface area contributed by atoms with Crippen molar-refractivity contribution in [1.82, 2.24) is 0 Å². The van der Waals surface area contributed by atoms with Crippen molar-refractivity contribution in [3.8, 4) is 5.75 Å². The highest BCUT2D eigenvalue weighted by atomic mass is 16.6. The van der Waals surface area contributed by atoms with Crippen LogP contribution in [0.5, 0.6) is 5.75 Å². The average molecular weight is 222 g/mol. The Morgan fingerprint density at radius 3 is 2.44 bits per heavy atom. The molecule has 0 heterocycles. The lowest BCUT2D eigenvalue weighted by atomic mass is 10.1. The van der Waals surface area contributed by atoms with Crippen molar-refractivity contribution in [3.63, 3.8) is 0 Å². The first kappa shape index (κ1) is 12.6. The fourth-order valence-electron chi connectivity index (χ4n) is 1.33. The molecule has 0 aliphatic carbocycles. The van der Waals surface area contributed by atoms with Gasteiger partial charge in [-0.15, -0.1) is 0 Å². The Morgan fingerprint density at radius 1 is 1.38 bits per heavy atom. The van der Waals surface area contributed by atoms with E-state index in [4.69, 9.17) is 4.74 Å². The molecule has 0 spiro atoms. The Morgan fingerprint density at radius 2 is 2.00 bits per heavy atom. The summed E-state index contributed by atoms with van der Waals surface area (Å²) < 4.78 is 5.20. The minimum absolute atomic E-state index is 0.144. The Hall–Kier alpha value is -1.51. The molecule has 88 valence electrons. The van der Waals surface area contributed by atoms with Crippen LogP contribution in [-0.4, -0.2) is 16.7 Å². The first-order valence-corrected chi connectivity index (χ1v) is 5.38. The van der Waals surface area contributed by atoms with E-state index in [1.165, 1.54) is 6.07 Å². The maximum absolute atomic E-state index is 11.7. The van der Waals surface area contributed by atoms with Crippen molar-refractivity contribution in [3.05, 3.63) is 29.3 Å². The normalized spacial score (nSPS) is 11.2. The van der Waals surface area contributed by atoms with Gasteiger partial charge in [0, 0.05) is 0 Å². The second-order valence-corrected chi connectivity index (χ2v) is 4.70. The summed E-state index contributed by atoms with van der Waals surface area (Å²) in [5.41, 5.74) is 0.688. The third-order valence-corrected chi connectivity index (χ3v) is 2.10. The zero-order valence-electron chi connectivity index (χ0n) is 10.2. The van der Waals surface area contributed by atoms with E-state index in [1.807, 2.05) is 27.7 Å². The molecule has 0 saturated carbocycles. The number of benzene rings is 1. The molecule has 1 rings (SSSR count). The number of phenols is 1. The molecule has 0 bridgehead atoms. The summed E-state index contributed by atoms with van der Waals surface area (Å²) in [5, 5.41) is 9.63. The fraction of sp³-hybridized carbons (Fsp3) is 0.462. The van der Waals surface area contributed by atoms with Gasteiger partial charge < -0.3 is 9.84 Å². The van der Waals surface area contributed by atoms with Gasteiger partial charge in [-0.2, -0.15) is 0 Å². The van der Waals surface area contributed by atoms with Crippen LogP contribution in [0.1, 0.15) is 43.6 Å². The number of phenolic OH excluding ortho intramolecular Hbond substituents is 1. The van der Waals surface area contributed by atoms with Crippen LogP contribution in [0.3, 0.4) is 0 Å². The van der Waals surface area contributed by atoms with Crippen LogP contribution in [0, 0.1) is 0 Å². The zero-order valence-corrected chi connectivity index (χ0v) is 10.2. The number of aromatic hydroxyl groups is 1. The van der Waals surface area contributed by atoms with E-state index in [1.54, 1.807) is 12.1 Å². The molecule has 1 aromatic carbocycles. The number of ether oxygens (including phenoxy) is 1. The number of aryl methyl sites for hydroxylation is 1. The molecule has 0 aliphatic heterocycles. The lowest BCUT2D eigenvalue weighted by molar-refractivity contribution is 0.00691. The standard InChI is InChI=1S/C13H18O3/c1-5-9-6-7-10(8-11(9)14)12(15)16-13(2,3)4/h6-8,14H,5H2,1-4H3. The minimum Gasteiger partial charge on any atom is -0.508 e. The second kappa shape index (κ2) is 4.56. The van der Waals surface area contributed by atoms with E-state index in [2.05, 4.69) is 0 Å². The monoisotopic (exact) mass is 222 g/mol. The molecule has 1 N–H and O–H groups in total. The van der Waals surface area contributed by atoms with Crippen molar-refractivity contribution in [2.24, 2.45) is 0 Å². The number of esters is 1. The summed E-state index contributed by atoms with van der Waals surface area (Å²) in [5.74, 6) is -0.267. The summed E-state index contributed by atoms with van der Waals surface area (Å²) in [6.45, 7) is 7.38. The molecular formula is C13H18O3. The van der Waals surface area contributed by atoms with E-state index in [0.717, 1.165) is 12.0 Å². The Bertz CT molecular complexity index is 389. The first-order valence-electron chi connectivity index (χ1n) is 5.38. The predicted octanol–water partition coefficient (Wildman–Crippen LogP) is 2.91. The first-order chi connectivity index (χ1) is 7.33. The zero-order chi connectivity index (χ0) is 12.3. The smallest absolute Gasteiger partial charge is 0.338 e. The third kappa shape index (κ3) is 3.26. The quantitative estimate of drug-likeness (QED) is 0.782. The van der Waals surface area contributed by atoms with Crippen molar-refractivity contribution in [2.75, 3.05) is 0 Å². The Kier molecular flexibility index (Phi) is 3.58. The second-order valence-electron chi connectivity index (χ2n) is 4.70. The van der Waals surface area contributed by atoms with Gasteiger partial charge in [-0.25, -0.2) is 4.79 Å². The molecule has 0 aliphatic rings. The number of carbonyl (C=O) groups is 1. The molecule has 0 amide bonds. The van der Waals surface area contributed by atoms with E-state index in [9.17, 15) is 9.90 Å². The van der Waals surface area contributed by atoms with Crippen LogP contribution < -0.4 is 0 Å². The molecule has 3 heteroatoms. The fourth-order valence-corrected chi connectivity index (χ4v) is 1.33. The molecular weight excluding hydrogens is 204 g/mol. The third-order valence-electron chi connectivity index (χ3n) is 2.10. The van der Waals surface area contributed by atoms with Gasteiger partial charge in [-0.3, -0.25) is 0 Å². The molecule has 0 saturated heterocycles. The minimum atomic E-state index is -0.518. The number of rotatable bonds is 2. The van der Waals surface area contributed by atoms with Gasteiger partial charge in [0.15, 0.2) is 0 Å². The summed E-state index contributed by atoms with van der Waals surface area (Å²) in [6, 6.07) is 4.87. The lowest BCUT2D eigenvalue weighted by Crippen LogP contribution is -2.23. The summed E-state index contributed by atoms with van der Waals surface area (Å²) in [6.07, 6.45) is 0.737. The molecule has 0 fully saturated rings. The van der Waals surface area contributed by atoms with Crippen LogP contribution in [0.15, 0.2) is 18.2 Å². The van der Waals surface area contributed by atoms with Crippen molar-refractivity contribution >= 4 is 5.97 Å². The van der Waals surface area contributed by atoms with Crippen molar-refractivity contribution in [2.45, 2.75) is 39.7 Å². The topological polar surface area (TPSA) is 46.5 Å². The SMILES string of the molecule is CCc1ccc(C(=O)OC(C)(C)C)cc1O. The highest BCUT2D eigenvalue weighted by molar-refractivity contribution is 5.90. The van der Waals surface area contributed by atoms with Gasteiger partial charge in [-0.05, 0) is 44.9 Å². The van der Waals surface area contributed by atoms with Gasteiger partial charge in [0.25, 0.3) is 0 Å². The largest absolute Gasteiger partial charge is 0.508 e. The highest BCUT2D eigenvalue weighted by Crippen LogP contribution is 2.21. The molecule has 0 aromatic heterocycles. The molecule has 0 radical (unpaired) electrons. The van der Waals surface area contributed by atoms with Gasteiger partial charge in [0.1, 0.15) is 11.4 Å². The highest BCUT2D eigenvalue weighted by Gasteiger charge is 2.18. The van der Waals surface area contributed by atoms with Crippen LogP contribution >= 0.6 is 0 Å². The molecule has 0 atom stereocenters. The predicted molar refractivity (Wildman–Crippen MR) is 62.7 cm³/mol. The summed E-state index contributed by atoms with van der Waals surface area (Å²) in [4.78, 5) is 11.7. The average Bonchev–Trinajstić information content (AvgIpc) is 2.15. The van der Waals surface area contributed by atoms with E-state index in [0.29, 0.717) is 5.56 Å². The van der Waals surface area contributed by atoms with Gasteiger partial charge in [0.2, 0.25) is 0 Å². The van der Waals surface area contributed by atoms with Crippen LogP contribution in [-0.2, 0) is 11.2 Å². The maximum Gasteiger partial charge on any atom is 0.338 e. The number of carbonyl (C=O) groups excluding carboxylic acids is 1.